The minimum absolute atomic E-state index is 0.0189. The van der Waals surface area contributed by atoms with Crippen LogP contribution in [0.4, 0.5) is 0 Å². The van der Waals surface area contributed by atoms with Gasteiger partial charge >= 0.3 is 0 Å². The first-order valence-corrected chi connectivity index (χ1v) is 11.7. The highest BCUT2D eigenvalue weighted by Crippen LogP contribution is 2.65. The Morgan fingerprint density at radius 2 is 1.26 bits per heavy atom. The van der Waals surface area contributed by atoms with E-state index >= 15 is 0 Å². The average Bonchev–Trinajstić information content (AvgIpc) is 3.53. The monoisotopic (exact) mass is 440 g/mol. The van der Waals surface area contributed by atoms with E-state index in [0.29, 0.717) is 22.8 Å². The third-order valence-electron chi connectivity index (χ3n) is 6.94. The van der Waals surface area contributed by atoms with Gasteiger partial charge in [-0.15, -0.1) is 0 Å². The third kappa shape index (κ3) is 3.39. The summed E-state index contributed by atoms with van der Waals surface area (Å²) in [6.07, 6.45) is 0.946. The van der Waals surface area contributed by atoms with E-state index in [9.17, 15) is 4.79 Å². The number of benzene rings is 4. The topological polar surface area (TPSA) is 30.2 Å². The molecule has 6 rings (SSSR count). The molecular weight excluding hydrogens is 416 g/mol. The molecule has 4 aromatic carbocycles. The molecule has 0 N–H and O–H groups in total. The van der Waals surface area contributed by atoms with Gasteiger partial charge in [-0.25, -0.2) is 0 Å². The summed E-state index contributed by atoms with van der Waals surface area (Å²) < 4.78 is 6.66. The molecule has 164 valence electrons. The highest BCUT2D eigenvalue weighted by Gasteiger charge is 2.59. The summed E-state index contributed by atoms with van der Waals surface area (Å²) in [5, 5.41) is 0. The van der Waals surface area contributed by atoms with Crippen LogP contribution in [0.5, 0.6) is 0 Å². The maximum Gasteiger partial charge on any atom is 0.196 e. The molecule has 2 nitrogen and oxygen atoms in total. The number of rotatable bonds is 6. The second-order valence-electron chi connectivity index (χ2n) is 8.92. The minimum atomic E-state index is -0.290. The second kappa shape index (κ2) is 8.31. The van der Waals surface area contributed by atoms with Crippen molar-refractivity contribution in [3.05, 3.63) is 155 Å². The average molecular weight is 441 g/mol. The fourth-order valence-corrected chi connectivity index (χ4v) is 5.15. The summed E-state index contributed by atoms with van der Waals surface area (Å²) in [5.74, 6) is 1.77. The van der Waals surface area contributed by atoms with E-state index in [0.717, 1.165) is 17.7 Å². The molecule has 1 aliphatic carbocycles. The second-order valence-corrected chi connectivity index (χ2v) is 8.92. The van der Waals surface area contributed by atoms with Gasteiger partial charge in [-0.3, -0.25) is 4.79 Å². The molecule has 0 saturated heterocycles. The van der Waals surface area contributed by atoms with Crippen LogP contribution in [0, 0.1) is 0 Å². The SMILES string of the molecule is O=C(c1ccccc1)c1cc([C@]2(c3ccccc3)C[C@H]2c2ccccc2)oc1-c1ccccc1. The number of carbonyl (C=O) groups is 1. The molecule has 2 atom stereocenters. The Morgan fingerprint density at radius 3 is 1.91 bits per heavy atom. The molecule has 0 radical (unpaired) electrons. The number of hydrogen-bond acceptors (Lipinski definition) is 2. The quantitative estimate of drug-likeness (QED) is 0.254. The van der Waals surface area contributed by atoms with Gasteiger partial charge in [0.15, 0.2) is 5.78 Å². The first-order chi connectivity index (χ1) is 16.8. The van der Waals surface area contributed by atoms with E-state index in [2.05, 4.69) is 48.5 Å². The normalized spacial score (nSPS) is 19.0. The van der Waals surface area contributed by atoms with E-state index in [4.69, 9.17) is 4.42 Å². The largest absolute Gasteiger partial charge is 0.459 e. The lowest BCUT2D eigenvalue weighted by atomic mass is 9.87. The summed E-state index contributed by atoms with van der Waals surface area (Å²) in [5.41, 5.74) is 4.41. The third-order valence-corrected chi connectivity index (χ3v) is 6.94. The summed E-state index contributed by atoms with van der Waals surface area (Å²) in [7, 11) is 0. The van der Waals surface area contributed by atoms with E-state index in [-0.39, 0.29) is 11.2 Å². The molecule has 0 bridgehead atoms. The summed E-state index contributed by atoms with van der Waals surface area (Å²) >= 11 is 0. The molecule has 1 aromatic heterocycles. The Labute approximate surface area is 199 Å². The molecule has 5 aromatic rings. The smallest absolute Gasteiger partial charge is 0.196 e. The van der Waals surface area contributed by atoms with Crippen molar-refractivity contribution in [3.8, 4) is 11.3 Å². The van der Waals surface area contributed by atoms with Gasteiger partial charge < -0.3 is 4.42 Å². The molecule has 1 heterocycles. The molecule has 0 spiro atoms. The first kappa shape index (κ1) is 20.4. The lowest BCUT2D eigenvalue weighted by Gasteiger charge is -2.16. The van der Waals surface area contributed by atoms with Crippen LogP contribution in [-0.2, 0) is 5.41 Å². The number of furan rings is 1. The predicted octanol–water partition coefficient (Wildman–Crippen LogP) is 7.65. The molecular formula is C32H24O2. The van der Waals surface area contributed by atoms with Gasteiger partial charge in [0.2, 0.25) is 0 Å². The van der Waals surface area contributed by atoms with Crippen molar-refractivity contribution in [3.63, 3.8) is 0 Å². The zero-order valence-corrected chi connectivity index (χ0v) is 18.7. The van der Waals surface area contributed by atoms with Gasteiger partial charge in [-0.05, 0) is 23.6 Å². The van der Waals surface area contributed by atoms with Crippen molar-refractivity contribution in [1.82, 2.24) is 0 Å². The lowest BCUT2D eigenvalue weighted by molar-refractivity contribution is 0.103. The van der Waals surface area contributed by atoms with Crippen LogP contribution in [0.25, 0.3) is 11.3 Å². The summed E-state index contributed by atoms with van der Waals surface area (Å²) in [6.45, 7) is 0. The van der Waals surface area contributed by atoms with Crippen LogP contribution in [0.3, 0.4) is 0 Å². The van der Waals surface area contributed by atoms with Crippen molar-refractivity contribution in [2.75, 3.05) is 0 Å². The molecule has 1 aliphatic rings. The van der Waals surface area contributed by atoms with Crippen molar-refractivity contribution < 1.29 is 9.21 Å². The lowest BCUT2D eigenvalue weighted by Crippen LogP contribution is -2.11. The van der Waals surface area contributed by atoms with E-state index in [1.807, 2.05) is 78.9 Å². The Bertz CT molecular complexity index is 1420. The van der Waals surface area contributed by atoms with Gasteiger partial charge in [0.1, 0.15) is 11.5 Å². The fourth-order valence-electron chi connectivity index (χ4n) is 5.15. The van der Waals surface area contributed by atoms with E-state index < -0.39 is 0 Å². The molecule has 1 fully saturated rings. The number of ketones is 1. The van der Waals surface area contributed by atoms with Gasteiger partial charge in [0, 0.05) is 17.0 Å². The van der Waals surface area contributed by atoms with Gasteiger partial charge in [0.05, 0.1) is 11.0 Å². The molecule has 0 amide bonds. The highest BCUT2D eigenvalue weighted by atomic mass is 16.3. The van der Waals surface area contributed by atoms with Gasteiger partial charge in [-0.2, -0.15) is 0 Å². The van der Waals surface area contributed by atoms with Crippen LogP contribution in [0.2, 0.25) is 0 Å². The molecule has 0 unspecified atom stereocenters. The van der Waals surface area contributed by atoms with Crippen LogP contribution in [0.1, 0.15) is 45.1 Å². The van der Waals surface area contributed by atoms with Crippen LogP contribution in [0.15, 0.2) is 132 Å². The Kier molecular flexibility index (Phi) is 5.00. The van der Waals surface area contributed by atoms with Crippen LogP contribution in [-0.4, -0.2) is 5.78 Å². The molecule has 34 heavy (non-hydrogen) atoms. The zero-order valence-electron chi connectivity index (χ0n) is 18.7. The summed E-state index contributed by atoms with van der Waals surface area (Å²) in [4.78, 5) is 13.6. The maximum atomic E-state index is 13.6. The van der Waals surface area contributed by atoms with Crippen molar-refractivity contribution >= 4 is 5.78 Å². The first-order valence-electron chi connectivity index (χ1n) is 11.7. The van der Waals surface area contributed by atoms with E-state index in [1.165, 1.54) is 11.1 Å². The maximum absolute atomic E-state index is 13.6. The summed E-state index contributed by atoms with van der Waals surface area (Å²) in [6, 6.07) is 42.5. The van der Waals surface area contributed by atoms with Crippen molar-refractivity contribution in [1.29, 1.82) is 0 Å². The molecule has 2 heteroatoms. The van der Waals surface area contributed by atoms with Crippen LogP contribution < -0.4 is 0 Å². The molecule has 0 aliphatic heterocycles. The zero-order chi connectivity index (χ0) is 23.0. The van der Waals surface area contributed by atoms with Crippen molar-refractivity contribution in [2.45, 2.75) is 17.8 Å². The Balaban J connectivity index is 1.53. The number of hydrogen-bond donors (Lipinski definition) is 0. The highest BCUT2D eigenvalue weighted by molar-refractivity contribution is 6.12. The standard InChI is InChI=1S/C32H24O2/c33-30(24-15-7-2-8-16-24)27-21-29(34-31(27)25-17-9-3-10-18-25)32(26-19-11-4-12-20-26)22-28(32)23-13-5-1-6-14-23/h1-21,28H,22H2/t28-,32-/m0/s1. The number of carbonyl (C=O) groups excluding carboxylic acids is 1. The Morgan fingerprint density at radius 1 is 0.706 bits per heavy atom. The van der Waals surface area contributed by atoms with Gasteiger partial charge in [-0.1, -0.05) is 121 Å². The van der Waals surface area contributed by atoms with E-state index in [1.54, 1.807) is 0 Å². The Hall–Kier alpha value is -4.17. The van der Waals surface area contributed by atoms with Crippen molar-refractivity contribution in [2.24, 2.45) is 0 Å². The van der Waals surface area contributed by atoms with Gasteiger partial charge in [0.25, 0.3) is 0 Å². The minimum Gasteiger partial charge on any atom is -0.459 e. The fraction of sp³-hybridized carbons (Fsp3) is 0.0938. The van der Waals surface area contributed by atoms with Crippen LogP contribution >= 0.6 is 0 Å². The predicted molar refractivity (Wildman–Crippen MR) is 135 cm³/mol. The molecule has 1 saturated carbocycles.